The predicted octanol–water partition coefficient (Wildman–Crippen LogP) is 2.64. The highest BCUT2D eigenvalue weighted by Gasteiger charge is 2.43. The molecule has 1 aromatic carbocycles. The van der Waals surface area contributed by atoms with Gasteiger partial charge in [-0.05, 0) is 24.3 Å². The second kappa shape index (κ2) is 5.81. The van der Waals surface area contributed by atoms with E-state index >= 15 is 0 Å². The van der Waals surface area contributed by atoms with Crippen molar-refractivity contribution in [2.24, 2.45) is 16.8 Å². The summed E-state index contributed by atoms with van der Waals surface area (Å²) in [6.45, 7) is -0.777. The van der Waals surface area contributed by atoms with E-state index in [4.69, 9.17) is 27.3 Å². The molecular weight excluding hydrogens is 273 g/mol. The Morgan fingerprint density at radius 1 is 1.39 bits per heavy atom. The van der Waals surface area contributed by atoms with E-state index in [-0.39, 0.29) is 5.75 Å². The Morgan fingerprint density at radius 2 is 1.94 bits per heavy atom. The van der Waals surface area contributed by atoms with E-state index in [1.807, 2.05) is 0 Å². The van der Waals surface area contributed by atoms with Gasteiger partial charge in [0.05, 0.1) is 0 Å². The molecule has 100 valence electrons. The van der Waals surface area contributed by atoms with Crippen LogP contribution in [0.2, 0.25) is 5.02 Å². The third kappa shape index (κ3) is 3.99. The molecule has 4 nitrogen and oxygen atoms in total. The molecule has 0 heterocycles. The van der Waals surface area contributed by atoms with Crippen LogP contribution in [0.3, 0.4) is 0 Å². The minimum Gasteiger partial charge on any atom is -0.492 e. The molecule has 0 saturated carbocycles. The van der Waals surface area contributed by atoms with Crippen LogP contribution in [0.15, 0.2) is 29.4 Å². The predicted molar refractivity (Wildman–Crippen MR) is 59.9 cm³/mol. The van der Waals surface area contributed by atoms with Crippen LogP contribution in [0.5, 0.6) is 5.75 Å². The van der Waals surface area contributed by atoms with Gasteiger partial charge in [-0.25, -0.2) is 0 Å². The van der Waals surface area contributed by atoms with Crippen molar-refractivity contribution in [2.45, 2.75) is 6.18 Å². The fourth-order valence-corrected chi connectivity index (χ4v) is 1.25. The van der Waals surface area contributed by atoms with E-state index < -0.39 is 24.5 Å². The SMILES string of the molecule is N/C(=N/O)C(COc1ccc(Cl)cc1)C(F)(F)F. The maximum Gasteiger partial charge on any atom is 0.402 e. The van der Waals surface area contributed by atoms with Crippen molar-refractivity contribution in [1.29, 1.82) is 0 Å². The highest BCUT2D eigenvalue weighted by Crippen LogP contribution is 2.27. The van der Waals surface area contributed by atoms with E-state index in [9.17, 15) is 13.2 Å². The van der Waals surface area contributed by atoms with Crippen LogP contribution in [-0.4, -0.2) is 23.8 Å². The van der Waals surface area contributed by atoms with Crippen LogP contribution in [-0.2, 0) is 0 Å². The molecular formula is C10H10ClF3N2O2. The first-order chi connectivity index (χ1) is 8.34. The normalized spacial score (nSPS) is 14.3. The van der Waals surface area contributed by atoms with E-state index in [0.29, 0.717) is 5.02 Å². The van der Waals surface area contributed by atoms with Gasteiger partial charge in [-0.3, -0.25) is 0 Å². The van der Waals surface area contributed by atoms with Gasteiger partial charge in [-0.1, -0.05) is 16.8 Å². The molecule has 0 aliphatic heterocycles. The van der Waals surface area contributed by atoms with E-state index in [2.05, 4.69) is 5.16 Å². The Labute approximate surface area is 106 Å². The fraction of sp³-hybridized carbons (Fsp3) is 0.300. The Morgan fingerprint density at radius 3 is 2.39 bits per heavy atom. The molecule has 0 aliphatic rings. The maximum absolute atomic E-state index is 12.6. The van der Waals surface area contributed by atoms with Gasteiger partial charge in [0.1, 0.15) is 18.3 Å². The lowest BCUT2D eigenvalue weighted by atomic mass is 10.1. The summed E-state index contributed by atoms with van der Waals surface area (Å²) in [7, 11) is 0. The van der Waals surface area contributed by atoms with Crippen molar-refractivity contribution < 1.29 is 23.1 Å². The first-order valence-corrected chi connectivity index (χ1v) is 5.15. The average molecular weight is 283 g/mol. The maximum atomic E-state index is 12.6. The summed E-state index contributed by atoms with van der Waals surface area (Å²) in [5.74, 6) is -2.91. The molecule has 1 aromatic rings. The molecule has 0 amide bonds. The van der Waals surface area contributed by atoms with Crippen LogP contribution >= 0.6 is 11.6 Å². The molecule has 0 radical (unpaired) electrons. The second-order valence-electron chi connectivity index (χ2n) is 3.38. The Kier molecular flexibility index (Phi) is 4.66. The van der Waals surface area contributed by atoms with E-state index in [1.165, 1.54) is 24.3 Å². The van der Waals surface area contributed by atoms with Crippen molar-refractivity contribution in [3.8, 4) is 5.75 Å². The fourth-order valence-electron chi connectivity index (χ4n) is 1.13. The summed E-state index contributed by atoms with van der Waals surface area (Å²) < 4.78 is 42.6. The number of alkyl halides is 3. The molecule has 0 spiro atoms. The number of amidine groups is 1. The van der Waals surface area contributed by atoms with Crippen molar-refractivity contribution >= 4 is 17.4 Å². The number of nitrogens with zero attached hydrogens (tertiary/aromatic N) is 1. The number of benzene rings is 1. The van der Waals surface area contributed by atoms with Gasteiger partial charge >= 0.3 is 6.18 Å². The third-order valence-electron chi connectivity index (χ3n) is 2.10. The molecule has 0 aromatic heterocycles. The topological polar surface area (TPSA) is 67.8 Å². The number of hydrogen-bond donors (Lipinski definition) is 2. The first-order valence-electron chi connectivity index (χ1n) is 4.77. The van der Waals surface area contributed by atoms with Crippen molar-refractivity contribution in [3.63, 3.8) is 0 Å². The largest absolute Gasteiger partial charge is 0.492 e. The monoisotopic (exact) mass is 282 g/mol. The molecule has 0 aliphatic carbocycles. The minimum atomic E-state index is -4.65. The lowest BCUT2D eigenvalue weighted by molar-refractivity contribution is -0.162. The number of ether oxygens (including phenoxy) is 1. The Hall–Kier alpha value is -1.63. The van der Waals surface area contributed by atoms with Gasteiger partial charge in [0.2, 0.25) is 0 Å². The van der Waals surface area contributed by atoms with Gasteiger partial charge in [-0.15, -0.1) is 0 Å². The molecule has 3 N–H and O–H groups in total. The lowest BCUT2D eigenvalue weighted by Crippen LogP contribution is -2.40. The zero-order chi connectivity index (χ0) is 13.8. The Balaban J connectivity index is 2.71. The highest BCUT2D eigenvalue weighted by atomic mass is 35.5. The van der Waals surface area contributed by atoms with Gasteiger partial charge < -0.3 is 15.7 Å². The van der Waals surface area contributed by atoms with Crippen LogP contribution in [0.1, 0.15) is 0 Å². The van der Waals surface area contributed by atoms with Gasteiger partial charge in [0, 0.05) is 5.02 Å². The molecule has 1 atom stereocenters. The minimum absolute atomic E-state index is 0.208. The highest BCUT2D eigenvalue weighted by molar-refractivity contribution is 6.30. The van der Waals surface area contributed by atoms with Crippen molar-refractivity contribution in [2.75, 3.05) is 6.61 Å². The summed E-state index contributed by atoms with van der Waals surface area (Å²) in [4.78, 5) is 0. The van der Waals surface area contributed by atoms with Crippen LogP contribution < -0.4 is 10.5 Å². The summed E-state index contributed by atoms with van der Waals surface area (Å²) in [5.41, 5.74) is 4.97. The number of halogens is 4. The molecule has 18 heavy (non-hydrogen) atoms. The van der Waals surface area contributed by atoms with Crippen molar-refractivity contribution in [1.82, 2.24) is 0 Å². The number of oxime groups is 1. The van der Waals surface area contributed by atoms with Gasteiger partial charge in [0.25, 0.3) is 0 Å². The quantitative estimate of drug-likeness (QED) is 0.386. The van der Waals surface area contributed by atoms with Crippen LogP contribution in [0.4, 0.5) is 13.2 Å². The van der Waals surface area contributed by atoms with Gasteiger partial charge in [-0.2, -0.15) is 13.2 Å². The standard InChI is InChI=1S/C10H10ClF3N2O2/c11-6-1-3-7(4-2-6)18-5-8(9(15)16-17)10(12,13)14/h1-4,8,17H,5H2,(H2,15,16). The summed E-state index contributed by atoms with van der Waals surface area (Å²) in [5, 5.41) is 11.1. The Bertz CT molecular complexity index is 420. The van der Waals surface area contributed by atoms with Crippen LogP contribution in [0.25, 0.3) is 0 Å². The third-order valence-corrected chi connectivity index (χ3v) is 2.35. The zero-order valence-electron chi connectivity index (χ0n) is 8.99. The summed E-state index contributed by atoms with van der Waals surface area (Å²) in [6, 6.07) is 5.79. The number of hydrogen-bond acceptors (Lipinski definition) is 3. The molecule has 8 heteroatoms. The zero-order valence-corrected chi connectivity index (χ0v) is 9.74. The average Bonchev–Trinajstić information content (AvgIpc) is 2.29. The summed E-state index contributed by atoms with van der Waals surface area (Å²) >= 11 is 5.61. The lowest BCUT2D eigenvalue weighted by Gasteiger charge is -2.19. The smallest absolute Gasteiger partial charge is 0.402 e. The number of nitrogens with two attached hydrogens (primary N) is 1. The van der Waals surface area contributed by atoms with Crippen molar-refractivity contribution in [3.05, 3.63) is 29.3 Å². The molecule has 1 unspecified atom stereocenters. The molecule has 0 fully saturated rings. The van der Waals surface area contributed by atoms with Crippen LogP contribution in [0, 0.1) is 5.92 Å². The first kappa shape index (κ1) is 14.4. The molecule has 0 bridgehead atoms. The van der Waals surface area contributed by atoms with E-state index in [0.717, 1.165) is 0 Å². The number of rotatable bonds is 4. The second-order valence-corrected chi connectivity index (χ2v) is 3.82. The van der Waals surface area contributed by atoms with E-state index in [1.54, 1.807) is 0 Å². The molecule has 0 saturated heterocycles. The summed E-state index contributed by atoms with van der Waals surface area (Å²) in [6.07, 6.45) is -4.65. The molecule has 1 rings (SSSR count). The van der Waals surface area contributed by atoms with Gasteiger partial charge in [0.15, 0.2) is 5.84 Å².